The van der Waals surface area contributed by atoms with Gasteiger partial charge in [-0.3, -0.25) is 4.52 Å². The van der Waals surface area contributed by atoms with Crippen LogP contribution in [0.2, 0.25) is 0 Å². The molecule has 0 aromatic carbocycles. The van der Waals surface area contributed by atoms with Gasteiger partial charge in [-0.25, -0.2) is 19.0 Å². The van der Waals surface area contributed by atoms with Crippen molar-refractivity contribution in [3.63, 3.8) is 0 Å². The lowest BCUT2D eigenvalue weighted by atomic mass is 10.9. The van der Waals surface area contributed by atoms with Crippen LogP contribution in [0.4, 0.5) is 0 Å². The molecular weight excluding hydrogens is 309 g/mol. The lowest BCUT2D eigenvalue weighted by Gasteiger charge is -2.12. The second-order valence-electron chi connectivity index (χ2n) is 2.03. The summed E-state index contributed by atoms with van der Waals surface area (Å²) in [5.74, 6) is 0. The van der Waals surface area contributed by atoms with E-state index in [2.05, 4.69) is 13.5 Å². The van der Waals surface area contributed by atoms with Gasteiger partial charge in [-0.15, -0.1) is 4.67 Å². The Morgan fingerprint density at radius 1 is 1.00 bits per heavy atom. The second kappa shape index (κ2) is 7.70. The van der Waals surface area contributed by atoms with E-state index in [4.69, 9.17) is 34.3 Å². The van der Waals surface area contributed by atoms with Crippen LogP contribution in [-0.4, -0.2) is 36.3 Å². The molecule has 0 aliphatic heterocycles. The molecule has 0 aromatic rings. The third-order valence-corrected chi connectivity index (χ3v) is 3.02. The first kappa shape index (κ1) is 19.7. The second-order valence-corrected chi connectivity index (χ2v) is 6.01. The molecule has 0 aliphatic rings. The fourth-order valence-electron chi connectivity index (χ4n) is 0.350. The minimum Gasteiger partial charge on any atom is -0.303 e. The minimum absolute atomic E-state index is 0.197. The van der Waals surface area contributed by atoms with E-state index in [1.54, 1.807) is 0 Å². The molecule has 0 bridgehead atoms. The van der Waals surface area contributed by atoms with Gasteiger partial charge >= 0.3 is 23.5 Å². The van der Waals surface area contributed by atoms with Gasteiger partial charge in [0.15, 0.2) is 0 Å². The molecular formula is C2H11O12P3. The molecule has 0 amide bonds. The fourth-order valence-corrected chi connectivity index (χ4v) is 2.06. The van der Waals surface area contributed by atoms with E-state index in [1.165, 1.54) is 6.92 Å². The lowest BCUT2D eigenvalue weighted by Crippen LogP contribution is -1.96. The first-order chi connectivity index (χ1) is 7.33. The lowest BCUT2D eigenvalue weighted by molar-refractivity contribution is -0.161. The van der Waals surface area contributed by atoms with E-state index in [0.717, 1.165) is 0 Å². The van der Waals surface area contributed by atoms with Crippen LogP contribution in [0.25, 0.3) is 0 Å². The molecule has 0 aliphatic carbocycles. The Kier molecular flexibility index (Phi) is 8.90. The van der Waals surface area contributed by atoms with Crippen molar-refractivity contribution in [2.24, 2.45) is 0 Å². The maximum atomic E-state index is 10.8. The number of hydrogen-bond donors (Lipinski definition) is 6. The zero-order valence-corrected chi connectivity index (χ0v) is 10.9. The van der Waals surface area contributed by atoms with Crippen molar-refractivity contribution in [2.75, 3.05) is 6.61 Å². The summed E-state index contributed by atoms with van der Waals surface area (Å²) in [4.78, 5) is 37.9. The van der Waals surface area contributed by atoms with Gasteiger partial charge < -0.3 is 24.5 Å². The molecule has 0 fully saturated rings. The Balaban J connectivity index is 0. The van der Waals surface area contributed by atoms with Crippen molar-refractivity contribution in [1.29, 1.82) is 0 Å². The first-order valence-electron chi connectivity index (χ1n) is 3.46. The predicted molar refractivity (Wildman–Crippen MR) is 50.3 cm³/mol. The average molecular weight is 320 g/mol. The van der Waals surface area contributed by atoms with E-state index in [-0.39, 0.29) is 6.61 Å². The van der Waals surface area contributed by atoms with Crippen molar-refractivity contribution in [2.45, 2.75) is 6.92 Å². The van der Waals surface area contributed by atoms with E-state index in [1.807, 2.05) is 0 Å². The Bertz CT molecular complexity index is 327. The summed E-state index contributed by atoms with van der Waals surface area (Å²) in [6.07, 6.45) is 0. The molecule has 0 saturated carbocycles. The summed E-state index contributed by atoms with van der Waals surface area (Å²) in [6, 6.07) is 0. The number of rotatable bonds is 5. The molecule has 0 spiro atoms. The van der Waals surface area contributed by atoms with Crippen LogP contribution in [0.1, 0.15) is 6.92 Å². The Hall–Kier alpha value is 0.330. The molecule has 0 radical (unpaired) electrons. The summed E-state index contributed by atoms with van der Waals surface area (Å²) in [7, 11) is -14.2. The molecule has 0 rings (SSSR count). The molecule has 0 aromatic heterocycles. The minimum atomic E-state index is -5.01. The topological polar surface area (TPSA) is 200 Å². The fraction of sp³-hybridized carbons (Fsp3) is 1.00. The van der Waals surface area contributed by atoms with Crippen molar-refractivity contribution in [1.82, 2.24) is 0 Å². The molecule has 6 N–H and O–H groups in total. The highest BCUT2D eigenvalue weighted by Gasteiger charge is 2.35. The summed E-state index contributed by atoms with van der Waals surface area (Å²) < 4.78 is 40.6. The zero-order valence-electron chi connectivity index (χ0n) is 8.18. The van der Waals surface area contributed by atoms with E-state index >= 15 is 0 Å². The smallest absolute Gasteiger partial charge is 0.303 e. The van der Waals surface area contributed by atoms with Crippen LogP contribution in [0.3, 0.4) is 0 Å². The molecule has 0 saturated heterocycles. The van der Waals surface area contributed by atoms with Crippen molar-refractivity contribution < 1.29 is 56.9 Å². The van der Waals surface area contributed by atoms with Crippen molar-refractivity contribution in [3.05, 3.63) is 0 Å². The van der Waals surface area contributed by atoms with Crippen LogP contribution in [0.15, 0.2) is 0 Å². The van der Waals surface area contributed by atoms with Crippen molar-refractivity contribution in [3.8, 4) is 0 Å². The molecule has 1 atom stereocenters. The highest BCUT2D eigenvalue weighted by atomic mass is 31.3. The van der Waals surface area contributed by atoms with Gasteiger partial charge in [0.1, 0.15) is 0 Å². The molecule has 0 heterocycles. The van der Waals surface area contributed by atoms with E-state index in [0.29, 0.717) is 0 Å². The highest BCUT2D eigenvalue weighted by molar-refractivity contribution is 7.61. The molecule has 106 valence electrons. The molecule has 12 nitrogen and oxygen atoms in total. The normalized spacial score (nSPS) is 15.7. The van der Waals surface area contributed by atoms with Crippen LogP contribution in [0.5, 0.6) is 0 Å². The maximum Gasteiger partial charge on any atom is 0.510 e. The van der Waals surface area contributed by atoms with Gasteiger partial charge in [0.25, 0.3) is 0 Å². The highest BCUT2D eigenvalue weighted by Crippen LogP contribution is 2.60. The third kappa shape index (κ3) is 18.9. The largest absolute Gasteiger partial charge is 0.510 e. The SMILES string of the molecule is CCOP(=O)(OO)OP(=O)(O)O.O=P(O)(O)O. The maximum absolute atomic E-state index is 10.8. The van der Waals surface area contributed by atoms with E-state index in [9.17, 15) is 9.13 Å². The molecule has 17 heavy (non-hydrogen) atoms. The third-order valence-electron chi connectivity index (χ3n) is 0.594. The average Bonchev–Trinajstić information content (AvgIpc) is 1.97. The Morgan fingerprint density at radius 3 is 1.53 bits per heavy atom. The monoisotopic (exact) mass is 320 g/mol. The van der Waals surface area contributed by atoms with Gasteiger partial charge in [0.05, 0.1) is 6.61 Å². The van der Waals surface area contributed by atoms with Crippen LogP contribution < -0.4 is 0 Å². The van der Waals surface area contributed by atoms with Gasteiger partial charge in [0, 0.05) is 0 Å². The van der Waals surface area contributed by atoms with Crippen LogP contribution >= 0.6 is 23.5 Å². The van der Waals surface area contributed by atoms with Crippen LogP contribution in [0, 0.1) is 0 Å². The van der Waals surface area contributed by atoms with Gasteiger partial charge in [-0.2, -0.15) is 4.31 Å². The summed E-state index contributed by atoms with van der Waals surface area (Å²) in [5, 5.41) is 7.92. The Labute approximate surface area is 94.8 Å². The summed E-state index contributed by atoms with van der Waals surface area (Å²) in [6.45, 7) is 1.17. The van der Waals surface area contributed by atoms with Gasteiger partial charge in [-0.05, 0) is 6.92 Å². The number of hydrogen-bond acceptors (Lipinski definition) is 7. The summed E-state index contributed by atoms with van der Waals surface area (Å²) in [5.41, 5.74) is 0. The first-order valence-corrected chi connectivity index (χ1v) is 8.01. The molecule has 1 unspecified atom stereocenters. The standard InChI is InChI=1S/C2H8O8P2.H3O4P/c1-2-8-12(7,9-3)10-11(4,5)6;1-5(2,3)4/h3H,2H2,1H3,(H2,4,5,6);(H3,1,2,3,4). The Morgan fingerprint density at radius 2 is 1.35 bits per heavy atom. The number of phosphoric acid groups is 3. The zero-order chi connectivity index (χ0) is 14.3. The van der Waals surface area contributed by atoms with Gasteiger partial charge in [0.2, 0.25) is 0 Å². The summed E-state index contributed by atoms with van der Waals surface area (Å²) >= 11 is 0. The van der Waals surface area contributed by atoms with Gasteiger partial charge in [-0.1, -0.05) is 0 Å². The quantitative estimate of drug-likeness (QED) is 0.221. The molecule has 15 heteroatoms. The van der Waals surface area contributed by atoms with E-state index < -0.39 is 23.5 Å². The van der Waals surface area contributed by atoms with Crippen LogP contribution in [-0.2, 0) is 27.2 Å². The predicted octanol–water partition coefficient (Wildman–Crippen LogP) is -0.199. The van der Waals surface area contributed by atoms with Crippen molar-refractivity contribution >= 4 is 23.5 Å².